The molecule has 20 heavy (non-hydrogen) atoms. The van der Waals surface area contributed by atoms with E-state index in [-0.39, 0.29) is 17.8 Å². The van der Waals surface area contributed by atoms with Gasteiger partial charge >= 0.3 is 0 Å². The maximum absolute atomic E-state index is 11.5. The van der Waals surface area contributed by atoms with E-state index in [1.807, 2.05) is 25.1 Å². The van der Waals surface area contributed by atoms with Gasteiger partial charge in [0, 0.05) is 37.5 Å². The molecule has 1 fully saturated rings. The van der Waals surface area contributed by atoms with E-state index in [9.17, 15) is 8.42 Å². The Balaban J connectivity index is 2.09. The summed E-state index contributed by atoms with van der Waals surface area (Å²) in [6.07, 6.45) is 1.31. The Kier molecular flexibility index (Phi) is 4.83. The predicted molar refractivity (Wildman–Crippen MR) is 82.5 cm³/mol. The topological polar surface area (TPSA) is 49.4 Å². The van der Waals surface area contributed by atoms with Crippen LogP contribution >= 0.6 is 0 Å². The van der Waals surface area contributed by atoms with Crippen LogP contribution in [0.3, 0.4) is 0 Å². The summed E-state index contributed by atoms with van der Waals surface area (Å²) >= 11 is 0. The Morgan fingerprint density at radius 2 is 2.00 bits per heavy atom. The molecule has 3 atom stereocenters. The van der Waals surface area contributed by atoms with Gasteiger partial charge in [-0.25, -0.2) is 8.42 Å². The Hall–Kier alpha value is -0.910. The Bertz CT molecular complexity index is 530. The molecule has 1 N–H and O–H groups in total. The van der Waals surface area contributed by atoms with Crippen molar-refractivity contribution in [1.29, 1.82) is 0 Å². The number of benzene rings is 1. The lowest BCUT2D eigenvalue weighted by atomic mass is 10.0. The third kappa shape index (κ3) is 4.04. The summed E-state index contributed by atoms with van der Waals surface area (Å²) in [6.45, 7) is 5.88. The van der Waals surface area contributed by atoms with Gasteiger partial charge in [-0.15, -0.1) is 0 Å². The van der Waals surface area contributed by atoms with Crippen LogP contribution < -0.4 is 5.32 Å². The van der Waals surface area contributed by atoms with E-state index in [2.05, 4.69) is 29.3 Å². The molecule has 1 aliphatic rings. The van der Waals surface area contributed by atoms with Gasteiger partial charge in [0.2, 0.25) is 0 Å². The number of rotatable bonds is 4. The summed E-state index contributed by atoms with van der Waals surface area (Å²) in [5.74, 6) is 0.221. The SMILES string of the molecule is CC1CNC(c2ccccc2)CN1C(C)CS(C)(=O)=O. The average molecular weight is 296 g/mol. The molecular formula is C15H24N2O2S. The molecule has 112 valence electrons. The first-order chi connectivity index (χ1) is 9.37. The van der Waals surface area contributed by atoms with Crippen molar-refractivity contribution in [3.63, 3.8) is 0 Å². The molecule has 0 amide bonds. The molecule has 1 heterocycles. The highest BCUT2D eigenvalue weighted by Gasteiger charge is 2.30. The summed E-state index contributed by atoms with van der Waals surface area (Å²) in [5.41, 5.74) is 1.26. The quantitative estimate of drug-likeness (QED) is 0.914. The lowest BCUT2D eigenvalue weighted by Gasteiger charge is -2.42. The molecule has 5 heteroatoms. The van der Waals surface area contributed by atoms with E-state index in [1.165, 1.54) is 11.8 Å². The first-order valence-electron chi connectivity index (χ1n) is 7.08. The molecule has 4 nitrogen and oxygen atoms in total. The zero-order valence-electron chi connectivity index (χ0n) is 12.4. The molecule has 1 aliphatic heterocycles. The molecule has 2 rings (SSSR count). The number of sulfone groups is 1. The largest absolute Gasteiger partial charge is 0.307 e. The van der Waals surface area contributed by atoms with Crippen LogP contribution in [-0.4, -0.2) is 50.5 Å². The minimum absolute atomic E-state index is 0.0494. The van der Waals surface area contributed by atoms with Gasteiger partial charge in [-0.3, -0.25) is 4.90 Å². The fraction of sp³-hybridized carbons (Fsp3) is 0.600. The summed E-state index contributed by atoms with van der Waals surface area (Å²) in [4.78, 5) is 2.30. The molecule has 1 saturated heterocycles. The molecule has 1 aromatic rings. The first kappa shape index (κ1) is 15.5. The Labute approximate surface area is 122 Å². The zero-order valence-corrected chi connectivity index (χ0v) is 13.2. The highest BCUT2D eigenvalue weighted by Crippen LogP contribution is 2.21. The molecule has 0 saturated carbocycles. The summed E-state index contributed by atoms with van der Waals surface area (Å²) in [5, 5.41) is 3.54. The second-order valence-corrected chi connectivity index (χ2v) is 8.04. The van der Waals surface area contributed by atoms with Crippen molar-refractivity contribution in [1.82, 2.24) is 10.2 Å². The van der Waals surface area contributed by atoms with Gasteiger partial charge in [0.25, 0.3) is 0 Å². The lowest BCUT2D eigenvalue weighted by Crippen LogP contribution is -2.55. The van der Waals surface area contributed by atoms with Gasteiger partial charge < -0.3 is 5.32 Å². The number of nitrogens with zero attached hydrogens (tertiary/aromatic N) is 1. The van der Waals surface area contributed by atoms with E-state index in [1.54, 1.807) is 0 Å². The second-order valence-electron chi connectivity index (χ2n) is 5.86. The van der Waals surface area contributed by atoms with Crippen molar-refractivity contribution in [2.24, 2.45) is 0 Å². The van der Waals surface area contributed by atoms with Crippen molar-refractivity contribution in [2.45, 2.75) is 32.0 Å². The van der Waals surface area contributed by atoms with Crippen molar-refractivity contribution in [2.75, 3.05) is 25.1 Å². The van der Waals surface area contributed by atoms with E-state index < -0.39 is 9.84 Å². The van der Waals surface area contributed by atoms with Crippen LogP contribution in [0.15, 0.2) is 30.3 Å². The molecule has 0 aliphatic carbocycles. The van der Waals surface area contributed by atoms with Crippen LogP contribution in [0, 0.1) is 0 Å². The van der Waals surface area contributed by atoms with Crippen LogP contribution in [0.5, 0.6) is 0 Å². The first-order valence-corrected chi connectivity index (χ1v) is 9.14. The average Bonchev–Trinajstić information content (AvgIpc) is 2.38. The highest BCUT2D eigenvalue weighted by atomic mass is 32.2. The van der Waals surface area contributed by atoms with Crippen LogP contribution in [0.1, 0.15) is 25.5 Å². The van der Waals surface area contributed by atoms with Gasteiger partial charge in [-0.05, 0) is 19.4 Å². The Morgan fingerprint density at radius 1 is 1.35 bits per heavy atom. The monoisotopic (exact) mass is 296 g/mol. The second kappa shape index (κ2) is 6.24. The van der Waals surface area contributed by atoms with Gasteiger partial charge in [0.15, 0.2) is 0 Å². The smallest absolute Gasteiger partial charge is 0.148 e. The summed E-state index contributed by atoms with van der Waals surface area (Å²) in [7, 11) is -2.94. The van der Waals surface area contributed by atoms with Crippen LogP contribution in [0.25, 0.3) is 0 Å². The third-order valence-electron chi connectivity index (χ3n) is 3.93. The minimum Gasteiger partial charge on any atom is -0.307 e. The number of hydrogen-bond donors (Lipinski definition) is 1. The zero-order chi connectivity index (χ0) is 14.8. The van der Waals surface area contributed by atoms with E-state index in [4.69, 9.17) is 0 Å². The van der Waals surface area contributed by atoms with Crippen LogP contribution in [0.4, 0.5) is 0 Å². The van der Waals surface area contributed by atoms with Crippen molar-refractivity contribution >= 4 is 9.84 Å². The molecular weight excluding hydrogens is 272 g/mol. The normalized spacial score (nSPS) is 26.4. The lowest BCUT2D eigenvalue weighted by molar-refractivity contribution is 0.108. The van der Waals surface area contributed by atoms with Crippen molar-refractivity contribution in [3.8, 4) is 0 Å². The Morgan fingerprint density at radius 3 is 2.60 bits per heavy atom. The minimum atomic E-state index is -2.94. The molecule has 0 aromatic heterocycles. The number of nitrogens with one attached hydrogen (secondary N) is 1. The van der Waals surface area contributed by atoms with E-state index in [0.29, 0.717) is 6.04 Å². The highest BCUT2D eigenvalue weighted by molar-refractivity contribution is 7.90. The van der Waals surface area contributed by atoms with Gasteiger partial charge in [-0.1, -0.05) is 30.3 Å². The molecule has 0 radical (unpaired) electrons. The van der Waals surface area contributed by atoms with Gasteiger partial charge in [0.05, 0.1) is 5.75 Å². The van der Waals surface area contributed by atoms with Gasteiger partial charge in [0.1, 0.15) is 9.84 Å². The standard InChI is InChI=1S/C15H24N2O2S/c1-12-9-16-15(14-7-5-4-6-8-14)10-17(12)13(2)11-20(3,18)19/h4-8,12-13,15-16H,9-11H2,1-3H3. The maximum atomic E-state index is 11.5. The molecule has 0 spiro atoms. The fourth-order valence-corrected chi connectivity index (χ4v) is 4.01. The summed E-state index contributed by atoms with van der Waals surface area (Å²) in [6, 6.07) is 11.0. The molecule has 1 aromatic carbocycles. The number of hydrogen-bond acceptors (Lipinski definition) is 4. The molecule has 3 unspecified atom stereocenters. The summed E-state index contributed by atoms with van der Waals surface area (Å²) < 4.78 is 23.0. The van der Waals surface area contributed by atoms with Crippen LogP contribution in [-0.2, 0) is 9.84 Å². The number of piperazine rings is 1. The van der Waals surface area contributed by atoms with Gasteiger partial charge in [-0.2, -0.15) is 0 Å². The predicted octanol–water partition coefficient (Wildman–Crippen LogP) is 1.45. The van der Waals surface area contributed by atoms with Crippen LogP contribution in [0.2, 0.25) is 0 Å². The van der Waals surface area contributed by atoms with E-state index >= 15 is 0 Å². The maximum Gasteiger partial charge on any atom is 0.148 e. The van der Waals surface area contributed by atoms with Crippen molar-refractivity contribution < 1.29 is 8.42 Å². The van der Waals surface area contributed by atoms with Crippen molar-refractivity contribution in [3.05, 3.63) is 35.9 Å². The van der Waals surface area contributed by atoms with E-state index in [0.717, 1.165) is 13.1 Å². The molecule has 0 bridgehead atoms. The third-order valence-corrected chi connectivity index (χ3v) is 5.02. The fourth-order valence-electron chi connectivity index (χ4n) is 2.94.